The van der Waals surface area contributed by atoms with E-state index < -0.39 is 17.4 Å². The summed E-state index contributed by atoms with van der Waals surface area (Å²) in [6, 6.07) is 10.3. The molecule has 9 heteroatoms. The van der Waals surface area contributed by atoms with Crippen LogP contribution in [0.4, 0.5) is 9.18 Å². The van der Waals surface area contributed by atoms with Gasteiger partial charge in [0.25, 0.3) is 5.91 Å². The van der Waals surface area contributed by atoms with E-state index in [0.29, 0.717) is 36.3 Å². The minimum absolute atomic E-state index is 0.133. The van der Waals surface area contributed by atoms with Crippen molar-refractivity contribution in [1.82, 2.24) is 25.4 Å². The van der Waals surface area contributed by atoms with E-state index in [1.807, 2.05) is 25.1 Å². The second kappa shape index (κ2) is 9.24. The number of pyridine rings is 1. The van der Waals surface area contributed by atoms with Crippen LogP contribution in [0.3, 0.4) is 0 Å². The number of halogens is 1. The molecule has 0 unspecified atom stereocenters. The van der Waals surface area contributed by atoms with Crippen molar-refractivity contribution in [3.63, 3.8) is 0 Å². The van der Waals surface area contributed by atoms with Crippen LogP contribution >= 0.6 is 0 Å². The second-order valence-electron chi connectivity index (χ2n) is 8.82. The number of hydrogen-bond donors (Lipinski definition) is 2. The average molecular weight is 466 g/mol. The quantitative estimate of drug-likeness (QED) is 0.657. The normalized spacial score (nSPS) is 18.2. The Balaban J connectivity index is 1.55. The molecular formula is C25H28FN5O3. The van der Waals surface area contributed by atoms with Crippen LogP contribution in [0, 0.1) is 5.82 Å². The van der Waals surface area contributed by atoms with Crippen molar-refractivity contribution >= 4 is 17.8 Å². The number of benzene rings is 1. The van der Waals surface area contributed by atoms with E-state index in [9.17, 15) is 18.8 Å². The van der Waals surface area contributed by atoms with Crippen molar-refractivity contribution in [3.05, 3.63) is 77.0 Å². The predicted molar refractivity (Wildman–Crippen MR) is 124 cm³/mol. The molecule has 0 aliphatic carbocycles. The van der Waals surface area contributed by atoms with Gasteiger partial charge in [-0.25, -0.2) is 9.18 Å². The molecule has 3 heterocycles. The van der Waals surface area contributed by atoms with Crippen LogP contribution in [0.2, 0.25) is 0 Å². The molecule has 34 heavy (non-hydrogen) atoms. The van der Waals surface area contributed by atoms with Crippen LogP contribution in [0.15, 0.2) is 59.9 Å². The van der Waals surface area contributed by atoms with Crippen molar-refractivity contribution in [2.24, 2.45) is 0 Å². The lowest BCUT2D eigenvalue weighted by molar-refractivity contribution is -0.141. The number of urea groups is 1. The topological polar surface area (TPSA) is 94.6 Å². The third-order valence-electron chi connectivity index (χ3n) is 6.36. The molecule has 2 aliphatic rings. The summed E-state index contributed by atoms with van der Waals surface area (Å²) in [5.74, 6) is -1.02. The van der Waals surface area contributed by atoms with Crippen LogP contribution in [0.5, 0.6) is 0 Å². The van der Waals surface area contributed by atoms with Gasteiger partial charge in [0.1, 0.15) is 11.4 Å². The van der Waals surface area contributed by atoms with Crippen LogP contribution < -0.4 is 10.6 Å². The summed E-state index contributed by atoms with van der Waals surface area (Å²) in [6.45, 7) is 6.10. The monoisotopic (exact) mass is 465 g/mol. The van der Waals surface area contributed by atoms with Gasteiger partial charge in [-0.05, 0) is 50.6 Å². The minimum Gasteiger partial charge on any atom is -0.354 e. The summed E-state index contributed by atoms with van der Waals surface area (Å²) in [7, 11) is 0. The molecule has 0 radical (unpaired) electrons. The maximum Gasteiger partial charge on any atom is 0.322 e. The van der Waals surface area contributed by atoms with E-state index in [1.165, 1.54) is 21.9 Å². The number of nitrogens with one attached hydrogen (secondary N) is 2. The Kier molecular flexibility index (Phi) is 6.37. The Morgan fingerprint density at radius 2 is 1.94 bits per heavy atom. The van der Waals surface area contributed by atoms with Crippen LogP contribution in [-0.2, 0) is 16.0 Å². The lowest BCUT2D eigenvalue weighted by atomic mass is 9.95. The molecule has 1 aromatic heterocycles. The van der Waals surface area contributed by atoms with E-state index >= 15 is 0 Å². The fraction of sp³-hybridized carbons (Fsp3) is 0.360. The molecule has 2 aliphatic heterocycles. The van der Waals surface area contributed by atoms with Crippen molar-refractivity contribution in [1.29, 1.82) is 0 Å². The third kappa shape index (κ3) is 4.25. The highest BCUT2D eigenvalue weighted by Gasteiger charge is 2.49. The Hall–Kier alpha value is -3.75. The molecule has 1 atom stereocenters. The van der Waals surface area contributed by atoms with Crippen molar-refractivity contribution in [2.75, 3.05) is 19.6 Å². The van der Waals surface area contributed by atoms with Crippen molar-refractivity contribution in [2.45, 2.75) is 38.8 Å². The molecule has 0 saturated carbocycles. The number of hydrogen-bond acceptors (Lipinski definition) is 4. The van der Waals surface area contributed by atoms with Gasteiger partial charge in [0, 0.05) is 31.4 Å². The third-order valence-corrected chi connectivity index (χ3v) is 6.36. The zero-order valence-electron chi connectivity index (χ0n) is 19.5. The Morgan fingerprint density at radius 1 is 1.21 bits per heavy atom. The van der Waals surface area contributed by atoms with Crippen molar-refractivity contribution < 1.29 is 18.8 Å². The lowest BCUT2D eigenvalue weighted by Gasteiger charge is -2.35. The molecule has 8 nitrogen and oxygen atoms in total. The van der Waals surface area contributed by atoms with Crippen molar-refractivity contribution in [3.8, 4) is 0 Å². The van der Waals surface area contributed by atoms with Crippen LogP contribution in [0.25, 0.3) is 0 Å². The first-order chi connectivity index (χ1) is 16.2. The zero-order chi connectivity index (χ0) is 24.5. The van der Waals surface area contributed by atoms with E-state index in [4.69, 9.17) is 0 Å². The first-order valence-corrected chi connectivity index (χ1v) is 11.3. The minimum atomic E-state index is -1.16. The summed E-state index contributed by atoms with van der Waals surface area (Å²) in [4.78, 5) is 46.8. The Bertz CT molecular complexity index is 1130. The molecule has 1 aromatic carbocycles. The highest BCUT2D eigenvalue weighted by atomic mass is 19.1. The molecule has 0 saturated heterocycles. The number of carbonyl (C=O) groups excluding carboxylic acids is 3. The number of likely N-dealkylation sites (N-methyl/N-ethyl adjacent to an activating group) is 1. The standard InChI is InChI=1S/C25H28FN5O3/c1-4-30-19-15-31(25(2,3)23(33)28-14-12-18-7-5-6-13-27-18)22(32)20(19)21(29-24(30)34)16-8-10-17(26)11-9-16/h5-11,13,21H,4,12,14-15H2,1-3H3,(H,28,33)(H,29,34)/t21-/m0/s1. The van der Waals surface area contributed by atoms with Gasteiger partial charge in [0.2, 0.25) is 5.91 Å². The van der Waals surface area contributed by atoms with Gasteiger partial charge in [-0.2, -0.15) is 0 Å². The molecule has 0 bridgehead atoms. The summed E-state index contributed by atoms with van der Waals surface area (Å²) >= 11 is 0. The van der Waals surface area contributed by atoms with Gasteiger partial charge < -0.3 is 15.5 Å². The molecule has 178 valence electrons. The molecule has 2 N–H and O–H groups in total. The highest BCUT2D eigenvalue weighted by Crippen LogP contribution is 2.38. The lowest BCUT2D eigenvalue weighted by Crippen LogP contribution is -2.56. The molecule has 2 aromatic rings. The van der Waals surface area contributed by atoms with Gasteiger partial charge in [0.05, 0.1) is 23.9 Å². The van der Waals surface area contributed by atoms with Gasteiger partial charge in [-0.1, -0.05) is 18.2 Å². The highest BCUT2D eigenvalue weighted by molar-refractivity contribution is 6.04. The van der Waals surface area contributed by atoms with E-state index in [-0.39, 0.29) is 24.4 Å². The molecular weight excluding hydrogens is 437 g/mol. The number of amides is 4. The smallest absolute Gasteiger partial charge is 0.322 e. The maximum atomic E-state index is 13.6. The average Bonchev–Trinajstić information content (AvgIpc) is 3.17. The van der Waals surface area contributed by atoms with Crippen LogP contribution in [0.1, 0.15) is 38.1 Å². The summed E-state index contributed by atoms with van der Waals surface area (Å²) in [6.07, 6.45) is 2.27. The fourth-order valence-corrected chi connectivity index (χ4v) is 4.37. The Morgan fingerprint density at radius 3 is 2.59 bits per heavy atom. The summed E-state index contributed by atoms with van der Waals surface area (Å²) in [5, 5.41) is 5.76. The molecule has 0 fully saturated rings. The van der Waals surface area contributed by atoms with Gasteiger partial charge in [0.15, 0.2) is 0 Å². The second-order valence-corrected chi connectivity index (χ2v) is 8.82. The summed E-state index contributed by atoms with van der Waals surface area (Å²) < 4.78 is 13.5. The number of nitrogens with zero attached hydrogens (tertiary/aromatic N) is 3. The van der Waals surface area contributed by atoms with E-state index in [2.05, 4.69) is 15.6 Å². The van der Waals surface area contributed by atoms with Crippen LogP contribution in [-0.4, -0.2) is 57.8 Å². The number of carbonyl (C=O) groups is 3. The van der Waals surface area contributed by atoms with E-state index in [0.717, 1.165) is 5.69 Å². The fourth-order valence-electron chi connectivity index (χ4n) is 4.37. The van der Waals surface area contributed by atoms with Gasteiger partial charge in [-0.3, -0.25) is 19.5 Å². The SMILES string of the molecule is CCN1C(=O)N[C@@H](c2ccc(F)cc2)C2=C1CN(C(C)(C)C(=O)NCCc1ccccn1)C2=O. The molecule has 4 amide bonds. The summed E-state index contributed by atoms with van der Waals surface area (Å²) in [5.41, 5.74) is 1.28. The largest absolute Gasteiger partial charge is 0.354 e. The van der Waals surface area contributed by atoms with Gasteiger partial charge in [-0.15, -0.1) is 0 Å². The zero-order valence-corrected chi connectivity index (χ0v) is 19.5. The Labute approximate surface area is 197 Å². The molecule has 4 rings (SSSR count). The predicted octanol–water partition coefficient (Wildman–Crippen LogP) is 2.54. The first kappa shape index (κ1) is 23.4. The maximum absolute atomic E-state index is 13.6. The molecule has 0 spiro atoms. The van der Waals surface area contributed by atoms with Gasteiger partial charge >= 0.3 is 6.03 Å². The number of aromatic nitrogens is 1. The first-order valence-electron chi connectivity index (χ1n) is 11.3. The number of rotatable bonds is 7. The van der Waals surface area contributed by atoms with E-state index in [1.54, 1.807) is 32.2 Å².